The molecule has 0 aromatic carbocycles. The summed E-state index contributed by atoms with van der Waals surface area (Å²) in [4.78, 5) is 22.2. The number of aromatic nitrogens is 2. The first-order valence-electron chi connectivity index (χ1n) is 7.43. The van der Waals surface area contributed by atoms with Crippen LogP contribution >= 0.6 is 0 Å². The summed E-state index contributed by atoms with van der Waals surface area (Å²) in [6, 6.07) is 0.257. The molecule has 21 heavy (non-hydrogen) atoms. The van der Waals surface area contributed by atoms with E-state index in [4.69, 9.17) is 0 Å². The molecule has 0 amide bonds. The Morgan fingerprint density at radius 1 is 1.52 bits per heavy atom. The number of piperidine rings is 1. The van der Waals surface area contributed by atoms with Crippen LogP contribution < -0.4 is 5.32 Å². The van der Waals surface area contributed by atoms with E-state index in [1.54, 1.807) is 6.20 Å². The largest absolute Gasteiger partial charge is 0.476 e. The number of aromatic carboxylic acids is 1. The molecule has 1 aliphatic rings. The number of anilines is 1. The maximum Gasteiger partial charge on any atom is 0.356 e. The highest BCUT2D eigenvalue weighted by atomic mass is 16.4. The van der Waals surface area contributed by atoms with Crippen molar-refractivity contribution >= 4 is 11.7 Å². The molecule has 1 aromatic rings. The minimum absolute atomic E-state index is 0.0693. The minimum atomic E-state index is -1.01. The number of rotatable bonds is 4. The Bertz CT molecular complexity index is 518. The van der Waals surface area contributed by atoms with E-state index in [0.717, 1.165) is 19.5 Å². The Morgan fingerprint density at radius 2 is 2.24 bits per heavy atom. The van der Waals surface area contributed by atoms with E-state index in [1.165, 1.54) is 0 Å². The fourth-order valence-corrected chi connectivity index (χ4v) is 2.71. The van der Waals surface area contributed by atoms with E-state index in [9.17, 15) is 9.90 Å². The molecule has 1 aromatic heterocycles. The average Bonchev–Trinajstić information content (AvgIpc) is 2.41. The summed E-state index contributed by atoms with van der Waals surface area (Å²) in [5.41, 5.74) is 0.591. The average molecular weight is 292 g/mol. The van der Waals surface area contributed by atoms with Crippen LogP contribution in [-0.4, -0.2) is 52.1 Å². The smallest absolute Gasteiger partial charge is 0.356 e. The van der Waals surface area contributed by atoms with Crippen LogP contribution in [0.15, 0.2) is 6.20 Å². The summed E-state index contributed by atoms with van der Waals surface area (Å²) in [5, 5.41) is 12.7. The van der Waals surface area contributed by atoms with Crippen molar-refractivity contribution in [2.24, 2.45) is 5.92 Å². The quantitative estimate of drug-likeness (QED) is 0.884. The summed E-state index contributed by atoms with van der Waals surface area (Å²) in [6.45, 7) is 8.09. The van der Waals surface area contributed by atoms with Crippen molar-refractivity contribution in [3.63, 3.8) is 0 Å². The lowest BCUT2D eigenvalue weighted by Crippen LogP contribution is -2.43. The molecule has 2 atom stereocenters. The van der Waals surface area contributed by atoms with Crippen LogP contribution in [0.5, 0.6) is 0 Å². The van der Waals surface area contributed by atoms with Gasteiger partial charge in [-0.15, -0.1) is 0 Å². The predicted octanol–water partition coefficient (Wildman–Crippen LogP) is 2.05. The van der Waals surface area contributed by atoms with Crippen LogP contribution in [0.25, 0.3) is 0 Å². The lowest BCUT2D eigenvalue weighted by molar-refractivity contribution is 0.0690. The number of nitrogens with zero attached hydrogens (tertiary/aromatic N) is 3. The molecule has 1 saturated heterocycles. The Balaban J connectivity index is 2.21. The Kier molecular flexibility index (Phi) is 4.77. The number of nitrogens with one attached hydrogen (secondary N) is 1. The number of carbonyl (C=O) groups is 1. The van der Waals surface area contributed by atoms with Crippen LogP contribution in [0.2, 0.25) is 0 Å². The molecule has 0 saturated carbocycles. The molecule has 0 aliphatic carbocycles. The van der Waals surface area contributed by atoms with Crippen molar-refractivity contribution in [3.05, 3.63) is 17.7 Å². The second-order valence-electron chi connectivity index (χ2n) is 6.23. The number of hydrogen-bond donors (Lipinski definition) is 2. The second-order valence-corrected chi connectivity index (χ2v) is 6.23. The molecule has 2 unspecified atom stereocenters. The number of carboxylic acid groups (broad SMARTS) is 1. The molecular weight excluding hydrogens is 268 g/mol. The highest BCUT2D eigenvalue weighted by Crippen LogP contribution is 2.23. The van der Waals surface area contributed by atoms with Gasteiger partial charge in [-0.2, -0.15) is 0 Å². The maximum atomic E-state index is 11.4. The third-order valence-electron chi connectivity index (χ3n) is 3.98. The van der Waals surface area contributed by atoms with Gasteiger partial charge >= 0.3 is 5.97 Å². The first kappa shape index (κ1) is 15.7. The van der Waals surface area contributed by atoms with Gasteiger partial charge in [-0.25, -0.2) is 14.8 Å². The molecule has 2 N–H and O–H groups in total. The van der Waals surface area contributed by atoms with Crippen molar-refractivity contribution < 1.29 is 9.90 Å². The monoisotopic (exact) mass is 292 g/mol. The maximum absolute atomic E-state index is 11.4. The van der Waals surface area contributed by atoms with Crippen molar-refractivity contribution in [2.75, 3.05) is 25.5 Å². The van der Waals surface area contributed by atoms with Crippen molar-refractivity contribution in [1.82, 2.24) is 14.9 Å². The predicted molar refractivity (Wildman–Crippen MR) is 81.8 cm³/mol. The molecule has 0 bridgehead atoms. The standard InChI is InChI=1S/C15H24N4O2/c1-9(2)14-16-7-12(13(18-14)15(20)21)17-11-5-6-19(4)8-10(11)3/h7,9-11,17H,5-6,8H2,1-4H3,(H,20,21). The fourth-order valence-electron chi connectivity index (χ4n) is 2.71. The van der Waals surface area contributed by atoms with E-state index in [1.807, 2.05) is 13.8 Å². The van der Waals surface area contributed by atoms with Crippen LogP contribution in [-0.2, 0) is 0 Å². The zero-order valence-electron chi connectivity index (χ0n) is 13.1. The van der Waals surface area contributed by atoms with Gasteiger partial charge in [0.05, 0.1) is 11.9 Å². The highest BCUT2D eigenvalue weighted by molar-refractivity contribution is 5.91. The van der Waals surface area contributed by atoms with Gasteiger partial charge < -0.3 is 15.3 Å². The number of hydrogen-bond acceptors (Lipinski definition) is 5. The lowest BCUT2D eigenvalue weighted by Gasteiger charge is -2.35. The Labute approximate surface area is 125 Å². The summed E-state index contributed by atoms with van der Waals surface area (Å²) >= 11 is 0. The zero-order valence-corrected chi connectivity index (χ0v) is 13.1. The first-order chi connectivity index (χ1) is 9.88. The van der Waals surface area contributed by atoms with Crippen LogP contribution in [0, 0.1) is 5.92 Å². The summed E-state index contributed by atoms with van der Waals surface area (Å²) in [6.07, 6.45) is 2.60. The topological polar surface area (TPSA) is 78.4 Å². The van der Waals surface area contributed by atoms with Gasteiger partial charge in [0.1, 0.15) is 5.82 Å². The van der Waals surface area contributed by atoms with Crippen LogP contribution in [0.1, 0.15) is 49.4 Å². The van der Waals surface area contributed by atoms with Gasteiger partial charge in [-0.05, 0) is 25.9 Å². The van der Waals surface area contributed by atoms with Gasteiger partial charge in [-0.3, -0.25) is 0 Å². The fraction of sp³-hybridized carbons (Fsp3) is 0.667. The van der Waals surface area contributed by atoms with E-state index >= 15 is 0 Å². The molecule has 1 aliphatic heterocycles. The van der Waals surface area contributed by atoms with E-state index < -0.39 is 5.97 Å². The third kappa shape index (κ3) is 3.69. The van der Waals surface area contributed by atoms with Gasteiger partial charge in [-0.1, -0.05) is 20.8 Å². The summed E-state index contributed by atoms with van der Waals surface area (Å²) in [7, 11) is 2.11. The molecule has 0 spiro atoms. The third-order valence-corrected chi connectivity index (χ3v) is 3.98. The number of carboxylic acids is 1. The first-order valence-corrected chi connectivity index (χ1v) is 7.43. The molecule has 0 radical (unpaired) electrons. The lowest BCUT2D eigenvalue weighted by atomic mass is 9.94. The molecule has 116 valence electrons. The molecular formula is C15H24N4O2. The Morgan fingerprint density at radius 3 is 2.81 bits per heavy atom. The molecule has 6 heteroatoms. The number of likely N-dealkylation sites (tertiary alicyclic amines) is 1. The molecule has 2 heterocycles. The highest BCUT2D eigenvalue weighted by Gasteiger charge is 2.26. The van der Waals surface area contributed by atoms with E-state index in [2.05, 4.69) is 34.2 Å². The van der Waals surface area contributed by atoms with Crippen LogP contribution in [0.3, 0.4) is 0 Å². The Hall–Kier alpha value is -1.69. The zero-order chi connectivity index (χ0) is 15.6. The van der Waals surface area contributed by atoms with Gasteiger partial charge in [0, 0.05) is 18.5 Å². The minimum Gasteiger partial charge on any atom is -0.476 e. The van der Waals surface area contributed by atoms with Crippen molar-refractivity contribution in [1.29, 1.82) is 0 Å². The van der Waals surface area contributed by atoms with Crippen molar-refractivity contribution in [3.8, 4) is 0 Å². The summed E-state index contributed by atoms with van der Waals surface area (Å²) in [5.74, 6) is 0.117. The van der Waals surface area contributed by atoms with Crippen molar-refractivity contribution in [2.45, 2.75) is 39.2 Å². The summed E-state index contributed by atoms with van der Waals surface area (Å²) < 4.78 is 0. The van der Waals surface area contributed by atoms with E-state index in [0.29, 0.717) is 17.4 Å². The van der Waals surface area contributed by atoms with E-state index in [-0.39, 0.29) is 17.7 Å². The second kappa shape index (κ2) is 6.39. The van der Waals surface area contributed by atoms with Crippen LogP contribution in [0.4, 0.5) is 5.69 Å². The molecule has 1 fully saturated rings. The molecule has 2 rings (SSSR count). The molecule has 6 nitrogen and oxygen atoms in total. The van der Waals surface area contributed by atoms with Gasteiger partial charge in [0.25, 0.3) is 0 Å². The van der Waals surface area contributed by atoms with Gasteiger partial charge in [0.2, 0.25) is 0 Å². The SMILES string of the molecule is CC(C)c1ncc(NC2CCN(C)CC2C)c(C(=O)O)n1. The van der Waals surface area contributed by atoms with Gasteiger partial charge in [0.15, 0.2) is 5.69 Å². The normalized spacial score (nSPS) is 23.3.